The second kappa shape index (κ2) is 6.16. The van der Waals surface area contributed by atoms with E-state index in [1.54, 1.807) is 6.26 Å². The third-order valence-corrected chi connectivity index (χ3v) is 3.95. The van der Waals surface area contributed by atoms with E-state index in [1.807, 2.05) is 30.0 Å². The Morgan fingerprint density at radius 1 is 1.43 bits per heavy atom. The number of furan rings is 1. The van der Waals surface area contributed by atoms with Crippen molar-refractivity contribution in [1.29, 1.82) is 0 Å². The molecule has 0 bridgehead atoms. The molecule has 1 amide bonds. The molecule has 0 aliphatic carbocycles. The van der Waals surface area contributed by atoms with Crippen molar-refractivity contribution in [3.05, 3.63) is 41.7 Å². The van der Waals surface area contributed by atoms with Crippen LogP contribution in [0.4, 0.5) is 0 Å². The summed E-state index contributed by atoms with van der Waals surface area (Å²) in [6, 6.07) is 5.69. The number of aryl methyl sites for hydroxylation is 1. The number of carbonyl (C=O) groups excluding carboxylic acids is 1. The number of hydrogen-bond donors (Lipinski definition) is 0. The van der Waals surface area contributed by atoms with Crippen molar-refractivity contribution in [3.63, 3.8) is 0 Å². The normalized spacial score (nSPS) is 19.5. The van der Waals surface area contributed by atoms with Gasteiger partial charge in [0, 0.05) is 12.6 Å². The Bertz CT molecular complexity index is 588. The SMILES string of the molecule is Cc1cc(CC(=O)N2CCCCC[C@@H]2c2ccco2)on1. The van der Waals surface area contributed by atoms with E-state index >= 15 is 0 Å². The highest BCUT2D eigenvalue weighted by atomic mass is 16.5. The fourth-order valence-corrected chi connectivity index (χ4v) is 2.93. The van der Waals surface area contributed by atoms with Crippen molar-refractivity contribution in [1.82, 2.24) is 10.1 Å². The lowest BCUT2D eigenvalue weighted by Gasteiger charge is -2.28. The van der Waals surface area contributed by atoms with Gasteiger partial charge >= 0.3 is 0 Å². The fourth-order valence-electron chi connectivity index (χ4n) is 2.93. The Hall–Kier alpha value is -2.04. The van der Waals surface area contributed by atoms with Crippen LogP contribution in [0.25, 0.3) is 0 Å². The van der Waals surface area contributed by atoms with Gasteiger partial charge in [-0.15, -0.1) is 0 Å². The summed E-state index contributed by atoms with van der Waals surface area (Å²) in [5.74, 6) is 1.58. The predicted molar refractivity (Wildman–Crippen MR) is 76.6 cm³/mol. The van der Waals surface area contributed by atoms with Crippen LogP contribution < -0.4 is 0 Å². The molecule has 5 nitrogen and oxygen atoms in total. The maximum atomic E-state index is 12.6. The molecule has 0 radical (unpaired) electrons. The third kappa shape index (κ3) is 3.17. The van der Waals surface area contributed by atoms with E-state index in [4.69, 9.17) is 8.94 Å². The Labute approximate surface area is 123 Å². The van der Waals surface area contributed by atoms with Crippen LogP contribution in [0.1, 0.15) is 48.9 Å². The van der Waals surface area contributed by atoms with Crippen LogP contribution in [0.5, 0.6) is 0 Å². The molecule has 0 saturated carbocycles. The van der Waals surface area contributed by atoms with E-state index < -0.39 is 0 Å². The van der Waals surface area contributed by atoms with Gasteiger partial charge in [0.1, 0.15) is 11.5 Å². The molecule has 0 spiro atoms. The standard InChI is InChI=1S/C16H20N2O3/c1-12-10-13(21-17-12)11-16(19)18-8-4-2-3-6-14(18)15-7-5-9-20-15/h5,7,9-10,14H,2-4,6,8,11H2,1H3/t14-/m1/s1. The smallest absolute Gasteiger partial charge is 0.230 e. The molecule has 0 N–H and O–H groups in total. The van der Waals surface area contributed by atoms with Gasteiger partial charge in [-0.1, -0.05) is 18.0 Å². The molecular weight excluding hydrogens is 268 g/mol. The van der Waals surface area contributed by atoms with Crippen molar-refractivity contribution in [2.45, 2.75) is 45.1 Å². The van der Waals surface area contributed by atoms with Gasteiger partial charge in [-0.05, 0) is 31.9 Å². The summed E-state index contributed by atoms with van der Waals surface area (Å²) in [5.41, 5.74) is 0.802. The van der Waals surface area contributed by atoms with Gasteiger partial charge < -0.3 is 13.8 Å². The summed E-state index contributed by atoms with van der Waals surface area (Å²) in [4.78, 5) is 14.6. The van der Waals surface area contributed by atoms with Crippen molar-refractivity contribution >= 4 is 5.91 Å². The lowest BCUT2D eigenvalue weighted by molar-refractivity contribution is -0.133. The lowest BCUT2D eigenvalue weighted by atomic mass is 10.1. The van der Waals surface area contributed by atoms with E-state index in [-0.39, 0.29) is 18.4 Å². The highest BCUT2D eigenvalue weighted by molar-refractivity contribution is 5.78. The molecular formula is C16H20N2O3. The van der Waals surface area contributed by atoms with Crippen LogP contribution in [0.15, 0.2) is 33.4 Å². The second-order valence-electron chi connectivity index (χ2n) is 5.58. The molecule has 21 heavy (non-hydrogen) atoms. The molecule has 112 valence electrons. The molecule has 1 aliphatic rings. The zero-order valence-electron chi connectivity index (χ0n) is 12.2. The van der Waals surface area contributed by atoms with Crippen LogP contribution in [0.2, 0.25) is 0 Å². The molecule has 1 fully saturated rings. The van der Waals surface area contributed by atoms with E-state index in [2.05, 4.69) is 5.16 Å². The van der Waals surface area contributed by atoms with Gasteiger partial charge in [-0.2, -0.15) is 0 Å². The Morgan fingerprint density at radius 2 is 2.33 bits per heavy atom. The number of hydrogen-bond acceptors (Lipinski definition) is 4. The van der Waals surface area contributed by atoms with E-state index in [0.29, 0.717) is 5.76 Å². The molecule has 1 saturated heterocycles. The summed E-state index contributed by atoms with van der Waals surface area (Å²) >= 11 is 0. The lowest BCUT2D eigenvalue weighted by Crippen LogP contribution is -2.35. The van der Waals surface area contributed by atoms with E-state index in [9.17, 15) is 4.79 Å². The average Bonchev–Trinajstić information content (AvgIpc) is 3.06. The van der Waals surface area contributed by atoms with E-state index in [0.717, 1.165) is 43.7 Å². The van der Waals surface area contributed by atoms with Gasteiger partial charge in [0.2, 0.25) is 5.91 Å². The zero-order chi connectivity index (χ0) is 14.7. The summed E-state index contributed by atoms with van der Waals surface area (Å²) in [5, 5.41) is 3.84. The molecule has 1 atom stereocenters. The number of amides is 1. The fraction of sp³-hybridized carbons (Fsp3) is 0.500. The number of nitrogens with zero attached hydrogens (tertiary/aromatic N) is 2. The summed E-state index contributed by atoms with van der Waals surface area (Å²) in [7, 11) is 0. The van der Waals surface area contributed by atoms with Crippen LogP contribution in [0.3, 0.4) is 0 Å². The van der Waals surface area contributed by atoms with Crippen LogP contribution >= 0.6 is 0 Å². The highest BCUT2D eigenvalue weighted by Crippen LogP contribution is 2.30. The van der Waals surface area contributed by atoms with Gasteiger partial charge in [-0.3, -0.25) is 4.79 Å². The maximum absolute atomic E-state index is 12.6. The summed E-state index contributed by atoms with van der Waals surface area (Å²) in [6.45, 7) is 2.63. The van der Waals surface area contributed by atoms with Crippen molar-refractivity contribution < 1.29 is 13.7 Å². The molecule has 3 heterocycles. The van der Waals surface area contributed by atoms with Crippen LogP contribution in [0, 0.1) is 6.92 Å². The summed E-state index contributed by atoms with van der Waals surface area (Å²) in [6.07, 6.45) is 6.20. The Kier molecular flexibility index (Phi) is 4.08. The number of carbonyl (C=O) groups is 1. The van der Waals surface area contributed by atoms with E-state index in [1.165, 1.54) is 0 Å². The zero-order valence-corrected chi connectivity index (χ0v) is 12.2. The topological polar surface area (TPSA) is 59.5 Å². The van der Waals surface area contributed by atoms with Gasteiger partial charge in [0.25, 0.3) is 0 Å². The molecule has 3 rings (SSSR count). The molecule has 1 aliphatic heterocycles. The average molecular weight is 288 g/mol. The number of aromatic nitrogens is 1. The number of likely N-dealkylation sites (tertiary alicyclic amines) is 1. The minimum atomic E-state index is 0.0408. The Morgan fingerprint density at radius 3 is 3.05 bits per heavy atom. The number of rotatable bonds is 3. The monoisotopic (exact) mass is 288 g/mol. The van der Waals surface area contributed by atoms with Crippen LogP contribution in [-0.4, -0.2) is 22.5 Å². The quantitative estimate of drug-likeness (QED) is 0.869. The third-order valence-electron chi connectivity index (χ3n) is 3.95. The van der Waals surface area contributed by atoms with Crippen molar-refractivity contribution in [2.24, 2.45) is 0 Å². The summed E-state index contributed by atoms with van der Waals surface area (Å²) < 4.78 is 10.7. The Balaban J connectivity index is 1.77. The molecule has 0 aromatic carbocycles. The minimum Gasteiger partial charge on any atom is -0.467 e. The predicted octanol–water partition coefficient (Wildman–Crippen LogP) is 3.26. The van der Waals surface area contributed by atoms with Crippen LogP contribution in [-0.2, 0) is 11.2 Å². The maximum Gasteiger partial charge on any atom is 0.230 e. The van der Waals surface area contributed by atoms with Crippen molar-refractivity contribution in [3.8, 4) is 0 Å². The first-order valence-corrected chi connectivity index (χ1v) is 7.49. The second-order valence-corrected chi connectivity index (χ2v) is 5.58. The molecule has 2 aromatic heterocycles. The van der Waals surface area contributed by atoms with Gasteiger partial charge in [0.05, 0.1) is 24.4 Å². The molecule has 2 aromatic rings. The largest absolute Gasteiger partial charge is 0.467 e. The molecule has 5 heteroatoms. The highest BCUT2D eigenvalue weighted by Gasteiger charge is 2.29. The first-order chi connectivity index (χ1) is 10.2. The van der Waals surface area contributed by atoms with Gasteiger partial charge in [0.15, 0.2) is 0 Å². The first-order valence-electron chi connectivity index (χ1n) is 7.49. The molecule has 0 unspecified atom stereocenters. The van der Waals surface area contributed by atoms with Gasteiger partial charge in [-0.25, -0.2) is 0 Å². The van der Waals surface area contributed by atoms with Crippen molar-refractivity contribution in [2.75, 3.05) is 6.54 Å². The first kappa shape index (κ1) is 13.9. The minimum absolute atomic E-state index is 0.0408.